The normalized spacial score (nSPS) is 10.5. The van der Waals surface area contributed by atoms with Crippen LogP contribution in [0.3, 0.4) is 0 Å². The minimum absolute atomic E-state index is 0.135. The molecule has 2 aromatic carbocycles. The predicted molar refractivity (Wildman–Crippen MR) is 90.4 cm³/mol. The lowest BCUT2D eigenvalue weighted by Gasteiger charge is -2.07. The Morgan fingerprint density at radius 2 is 1.91 bits per heavy atom. The Labute approximate surface area is 136 Å². The zero-order valence-electron chi connectivity index (χ0n) is 12.0. The summed E-state index contributed by atoms with van der Waals surface area (Å²) >= 11 is 3.36. The summed E-state index contributed by atoms with van der Waals surface area (Å²) in [5, 5.41) is 7.23. The summed E-state index contributed by atoms with van der Waals surface area (Å²) in [5.74, 6) is -0.135. The monoisotopic (exact) mass is 355 g/mol. The Hall–Kier alpha value is -2.40. The van der Waals surface area contributed by atoms with Crippen molar-refractivity contribution in [3.05, 3.63) is 76.5 Å². The van der Waals surface area contributed by atoms with Gasteiger partial charge < -0.3 is 5.32 Å². The molecule has 0 aliphatic rings. The summed E-state index contributed by atoms with van der Waals surface area (Å²) in [4.78, 5) is 12.2. The minimum atomic E-state index is -0.135. The molecule has 0 aliphatic carbocycles. The van der Waals surface area contributed by atoms with Gasteiger partial charge in [0.25, 0.3) is 5.91 Å². The number of hydrogen-bond donors (Lipinski definition) is 1. The van der Waals surface area contributed by atoms with Crippen molar-refractivity contribution in [3.63, 3.8) is 0 Å². The van der Waals surface area contributed by atoms with Crippen LogP contribution >= 0.6 is 15.9 Å². The van der Waals surface area contributed by atoms with Crippen molar-refractivity contribution in [3.8, 4) is 5.69 Å². The number of amides is 1. The molecule has 0 fully saturated rings. The Morgan fingerprint density at radius 1 is 1.14 bits per heavy atom. The van der Waals surface area contributed by atoms with Crippen LogP contribution in [-0.2, 0) is 0 Å². The van der Waals surface area contributed by atoms with Gasteiger partial charge in [-0.25, -0.2) is 4.68 Å². The first-order valence-electron chi connectivity index (χ1n) is 6.81. The van der Waals surface area contributed by atoms with Crippen molar-refractivity contribution in [2.24, 2.45) is 0 Å². The summed E-state index contributed by atoms with van der Waals surface area (Å²) < 4.78 is 2.68. The van der Waals surface area contributed by atoms with Crippen molar-refractivity contribution in [1.82, 2.24) is 9.78 Å². The molecule has 0 saturated heterocycles. The van der Waals surface area contributed by atoms with Crippen LogP contribution in [0.25, 0.3) is 5.69 Å². The zero-order valence-corrected chi connectivity index (χ0v) is 13.5. The van der Waals surface area contributed by atoms with Gasteiger partial charge in [0.2, 0.25) is 0 Å². The molecule has 0 aliphatic heterocycles. The minimum Gasteiger partial charge on any atom is -0.322 e. The molecule has 0 atom stereocenters. The number of rotatable bonds is 3. The molecule has 1 N–H and O–H groups in total. The van der Waals surface area contributed by atoms with Crippen molar-refractivity contribution in [1.29, 1.82) is 0 Å². The van der Waals surface area contributed by atoms with Crippen molar-refractivity contribution in [2.75, 3.05) is 5.32 Å². The smallest absolute Gasteiger partial charge is 0.255 e. The van der Waals surface area contributed by atoms with Gasteiger partial charge >= 0.3 is 0 Å². The maximum Gasteiger partial charge on any atom is 0.255 e. The van der Waals surface area contributed by atoms with Crippen molar-refractivity contribution >= 4 is 27.5 Å². The van der Waals surface area contributed by atoms with Gasteiger partial charge in [-0.05, 0) is 55.5 Å². The van der Waals surface area contributed by atoms with Crippen molar-refractivity contribution < 1.29 is 4.79 Å². The highest BCUT2D eigenvalue weighted by atomic mass is 79.9. The molecule has 0 spiro atoms. The summed E-state index contributed by atoms with van der Waals surface area (Å²) in [5.41, 5.74) is 3.28. The van der Waals surface area contributed by atoms with E-state index in [1.165, 1.54) is 0 Å². The maximum atomic E-state index is 12.2. The molecule has 0 radical (unpaired) electrons. The predicted octanol–water partition coefficient (Wildman–Crippen LogP) is 4.20. The van der Waals surface area contributed by atoms with E-state index in [2.05, 4.69) is 26.3 Å². The second kappa shape index (κ2) is 6.15. The maximum absolute atomic E-state index is 12.2. The molecule has 0 saturated carbocycles. The van der Waals surface area contributed by atoms with Crippen LogP contribution in [0.5, 0.6) is 0 Å². The molecule has 1 heterocycles. The molecule has 1 aromatic heterocycles. The second-order valence-corrected chi connectivity index (χ2v) is 5.83. The van der Waals surface area contributed by atoms with Gasteiger partial charge in [0, 0.05) is 21.9 Å². The molecule has 4 nitrogen and oxygen atoms in total. The first kappa shape index (κ1) is 14.5. The van der Waals surface area contributed by atoms with Crippen LogP contribution in [-0.4, -0.2) is 15.7 Å². The third-order valence-electron chi connectivity index (χ3n) is 3.20. The van der Waals surface area contributed by atoms with Crippen LogP contribution in [0.1, 0.15) is 16.1 Å². The lowest BCUT2D eigenvalue weighted by Crippen LogP contribution is -2.11. The van der Waals surface area contributed by atoms with Crippen LogP contribution in [0.15, 0.2) is 65.3 Å². The highest BCUT2D eigenvalue weighted by Crippen LogP contribution is 2.16. The molecule has 0 bridgehead atoms. The molecule has 1 amide bonds. The summed E-state index contributed by atoms with van der Waals surface area (Å²) in [6, 6.07) is 16.8. The number of aromatic nitrogens is 2. The van der Waals surface area contributed by atoms with Gasteiger partial charge in [-0.2, -0.15) is 5.10 Å². The molecule has 3 aromatic rings. The fourth-order valence-corrected chi connectivity index (χ4v) is 2.49. The van der Waals surface area contributed by atoms with Gasteiger partial charge in [0.1, 0.15) is 0 Å². The Morgan fingerprint density at radius 3 is 2.55 bits per heavy atom. The Balaban J connectivity index is 1.75. The quantitative estimate of drug-likeness (QED) is 0.765. The number of carbonyl (C=O) groups is 1. The van der Waals surface area contributed by atoms with Gasteiger partial charge in [0.05, 0.1) is 11.4 Å². The van der Waals surface area contributed by atoms with Gasteiger partial charge in [-0.1, -0.05) is 22.0 Å². The lowest BCUT2D eigenvalue weighted by molar-refractivity contribution is 0.102. The summed E-state index contributed by atoms with van der Waals surface area (Å²) in [7, 11) is 0. The lowest BCUT2D eigenvalue weighted by atomic mass is 10.2. The largest absolute Gasteiger partial charge is 0.322 e. The average molecular weight is 356 g/mol. The summed E-state index contributed by atoms with van der Waals surface area (Å²) in [6.45, 7) is 1.95. The van der Waals surface area contributed by atoms with Gasteiger partial charge in [0.15, 0.2) is 0 Å². The number of carbonyl (C=O) groups excluding carboxylic acids is 1. The Kier molecular flexibility index (Phi) is 4.06. The van der Waals surface area contributed by atoms with E-state index in [0.29, 0.717) is 5.56 Å². The second-order valence-electron chi connectivity index (χ2n) is 4.91. The molecule has 0 unspecified atom stereocenters. The third-order valence-corrected chi connectivity index (χ3v) is 3.69. The molecule has 5 heteroatoms. The first-order chi connectivity index (χ1) is 10.6. The first-order valence-corrected chi connectivity index (χ1v) is 7.61. The van der Waals surface area contributed by atoms with E-state index in [1.807, 2.05) is 55.6 Å². The highest BCUT2D eigenvalue weighted by Gasteiger charge is 2.06. The SMILES string of the molecule is Cc1ccn(-c2ccc(NC(=O)c3cccc(Br)c3)cc2)n1. The molecule has 3 rings (SSSR count). The van der Waals surface area contributed by atoms with E-state index >= 15 is 0 Å². The number of nitrogens with one attached hydrogen (secondary N) is 1. The van der Waals surface area contributed by atoms with E-state index in [9.17, 15) is 4.79 Å². The molecular formula is C17H14BrN3O. The average Bonchev–Trinajstić information content (AvgIpc) is 2.94. The fourth-order valence-electron chi connectivity index (χ4n) is 2.09. The van der Waals surface area contributed by atoms with Gasteiger partial charge in [-0.3, -0.25) is 4.79 Å². The van der Waals surface area contributed by atoms with Crippen LogP contribution in [0, 0.1) is 6.92 Å². The number of halogens is 1. The highest BCUT2D eigenvalue weighted by molar-refractivity contribution is 9.10. The number of nitrogens with zero attached hydrogens (tertiary/aromatic N) is 2. The van der Waals surface area contributed by atoms with Gasteiger partial charge in [-0.15, -0.1) is 0 Å². The topological polar surface area (TPSA) is 46.9 Å². The molecule has 110 valence electrons. The number of aryl methyl sites for hydroxylation is 1. The number of anilines is 1. The van der Waals surface area contributed by atoms with E-state index < -0.39 is 0 Å². The summed E-state index contributed by atoms with van der Waals surface area (Å²) in [6.07, 6.45) is 1.91. The zero-order chi connectivity index (χ0) is 15.5. The molecule has 22 heavy (non-hydrogen) atoms. The standard InChI is InChI=1S/C17H14BrN3O/c1-12-9-10-21(20-12)16-7-5-15(6-8-16)19-17(22)13-3-2-4-14(18)11-13/h2-11H,1H3,(H,19,22). The van der Waals surface area contributed by atoms with Crippen LogP contribution in [0.4, 0.5) is 5.69 Å². The van der Waals surface area contributed by atoms with E-state index in [0.717, 1.165) is 21.5 Å². The van der Waals surface area contributed by atoms with E-state index in [1.54, 1.807) is 16.8 Å². The number of benzene rings is 2. The fraction of sp³-hybridized carbons (Fsp3) is 0.0588. The third kappa shape index (κ3) is 3.26. The molecular weight excluding hydrogens is 342 g/mol. The van der Waals surface area contributed by atoms with E-state index in [-0.39, 0.29) is 5.91 Å². The van der Waals surface area contributed by atoms with Crippen LogP contribution < -0.4 is 5.32 Å². The number of hydrogen-bond acceptors (Lipinski definition) is 2. The van der Waals surface area contributed by atoms with E-state index in [4.69, 9.17) is 0 Å². The Bertz CT molecular complexity index is 809. The van der Waals surface area contributed by atoms with Crippen LogP contribution in [0.2, 0.25) is 0 Å². The van der Waals surface area contributed by atoms with Crippen molar-refractivity contribution in [2.45, 2.75) is 6.92 Å².